The van der Waals surface area contributed by atoms with E-state index in [1.54, 1.807) is 19.3 Å². The third-order valence-electron chi connectivity index (χ3n) is 6.39. The van der Waals surface area contributed by atoms with Gasteiger partial charge in [-0.3, -0.25) is 4.79 Å². The van der Waals surface area contributed by atoms with Crippen molar-refractivity contribution in [2.24, 2.45) is 23.2 Å². The Bertz CT molecular complexity index is 308. The van der Waals surface area contributed by atoms with Crippen LogP contribution in [0, 0.1) is 23.2 Å². The van der Waals surface area contributed by atoms with Crippen molar-refractivity contribution >= 4 is 5.78 Å². The number of ketones is 1. The molecule has 20 heavy (non-hydrogen) atoms. The van der Waals surface area contributed by atoms with Crippen molar-refractivity contribution in [2.45, 2.75) is 90.4 Å². The number of hydrogen-bond donors (Lipinski definition) is 0. The van der Waals surface area contributed by atoms with Crippen LogP contribution in [0.3, 0.4) is 0 Å². The summed E-state index contributed by atoms with van der Waals surface area (Å²) in [6, 6.07) is 0. The molecule has 0 saturated heterocycles. The quantitative estimate of drug-likeness (QED) is 0.533. The van der Waals surface area contributed by atoms with Crippen LogP contribution in [0.4, 0.5) is 0 Å². The highest BCUT2D eigenvalue weighted by Crippen LogP contribution is 2.61. The Morgan fingerprint density at radius 1 is 0.900 bits per heavy atom. The Morgan fingerprint density at radius 2 is 1.45 bits per heavy atom. The third-order valence-corrected chi connectivity index (χ3v) is 6.39. The second-order valence-corrected chi connectivity index (χ2v) is 8.27. The van der Waals surface area contributed by atoms with Crippen LogP contribution < -0.4 is 0 Å². The minimum absolute atomic E-state index is 0.511. The summed E-state index contributed by atoms with van der Waals surface area (Å²) in [5.74, 6) is 3.74. The van der Waals surface area contributed by atoms with Gasteiger partial charge in [-0.15, -0.1) is 0 Å². The summed E-state index contributed by atoms with van der Waals surface area (Å²) in [7, 11) is 0. The fraction of sp³-hybridized carbons (Fsp3) is 0.947. The summed E-state index contributed by atoms with van der Waals surface area (Å²) in [4.78, 5) is 11.7. The number of carbonyl (C=O) groups is 1. The van der Waals surface area contributed by atoms with Gasteiger partial charge in [-0.1, -0.05) is 19.8 Å². The van der Waals surface area contributed by atoms with E-state index in [-0.39, 0.29) is 0 Å². The summed E-state index contributed by atoms with van der Waals surface area (Å²) >= 11 is 0. The average Bonchev–Trinajstić information content (AvgIpc) is 2.40. The molecule has 0 unspecified atom stereocenters. The van der Waals surface area contributed by atoms with Gasteiger partial charge in [0.05, 0.1) is 0 Å². The van der Waals surface area contributed by atoms with E-state index in [0.717, 1.165) is 55.3 Å². The van der Waals surface area contributed by atoms with Crippen LogP contribution in [-0.2, 0) is 4.79 Å². The molecular weight excluding hydrogens is 244 g/mol. The topological polar surface area (TPSA) is 17.1 Å². The van der Waals surface area contributed by atoms with Crippen LogP contribution >= 0.6 is 0 Å². The lowest BCUT2D eigenvalue weighted by molar-refractivity contribution is -0.119. The molecule has 4 bridgehead atoms. The standard InChI is InChI=1S/C19H32O/c1-2-3-6-18(20)7-4-5-8-19-12-15-9-16(13-19)11-17(10-15)14-19/h15-17H,2-14H2,1H3. The molecule has 0 radical (unpaired) electrons. The van der Waals surface area contributed by atoms with Crippen LogP contribution in [0.5, 0.6) is 0 Å². The summed E-state index contributed by atoms with van der Waals surface area (Å²) in [5.41, 5.74) is 0.723. The Morgan fingerprint density at radius 3 is 2.00 bits per heavy atom. The van der Waals surface area contributed by atoms with Gasteiger partial charge in [0.15, 0.2) is 0 Å². The summed E-state index contributed by atoms with van der Waals surface area (Å²) in [5, 5.41) is 0. The van der Waals surface area contributed by atoms with Gasteiger partial charge in [0.1, 0.15) is 5.78 Å². The van der Waals surface area contributed by atoms with E-state index in [9.17, 15) is 4.79 Å². The molecule has 0 spiro atoms. The molecule has 0 heterocycles. The van der Waals surface area contributed by atoms with Gasteiger partial charge in [-0.05, 0) is 81.0 Å². The Labute approximate surface area is 124 Å². The zero-order chi connectivity index (χ0) is 14.0. The highest BCUT2D eigenvalue weighted by molar-refractivity contribution is 5.78. The largest absolute Gasteiger partial charge is 0.300 e. The lowest BCUT2D eigenvalue weighted by Gasteiger charge is -2.57. The lowest BCUT2D eigenvalue weighted by atomic mass is 9.48. The van der Waals surface area contributed by atoms with Crippen molar-refractivity contribution in [1.82, 2.24) is 0 Å². The van der Waals surface area contributed by atoms with Crippen LogP contribution in [0.15, 0.2) is 0 Å². The molecule has 114 valence electrons. The van der Waals surface area contributed by atoms with Gasteiger partial charge in [0.2, 0.25) is 0 Å². The van der Waals surface area contributed by atoms with E-state index in [4.69, 9.17) is 0 Å². The van der Waals surface area contributed by atoms with Crippen molar-refractivity contribution in [3.63, 3.8) is 0 Å². The van der Waals surface area contributed by atoms with Gasteiger partial charge in [0.25, 0.3) is 0 Å². The fourth-order valence-corrected chi connectivity index (χ4v) is 5.92. The molecule has 4 rings (SSSR count). The number of unbranched alkanes of at least 4 members (excludes halogenated alkanes) is 2. The lowest BCUT2D eigenvalue weighted by Crippen LogP contribution is -2.45. The highest BCUT2D eigenvalue weighted by atomic mass is 16.1. The maximum absolute atomic E-state index is 11.7. The first-order chi connectivity index (χ1) is 9.69. The van der Waals surface area contributed by atoms with E-state index in [2.05, 4.69) is 6.92 Å². The Balaban J connectivity index is 1.39. The third kappa shape index (κ3) is 3.28. The van der Waals surface area contributed by atoms with Gasteiger partial charge in [-0.25, -0.2) is 0 Å². The number of hydrogen-bond acceptors (Lipinski definition) is 1. The Kier molecular flexibility index (Phi) is 4.52. The SMILES string of the molecule is CCCCC(=O)CCCCC12CC3CC(CC(C3)C1)C2. The molecule has 1 heteroatoms. The molecule has 4 fully saturated rings. The first-order valence-electron chi connectivity index (χ1n) is 9.21. The molecule has 0 atom stereocenters. The fourth-order valence-electron chi connectivity index (χ4n) is 5.92. The molecule has 0 aromatic carbocycles. The number of rotatable bonds is 8. The summed E-state index contributed by atoms with van der Waals surface area (Å²) < 4.78 is 0. The van der Waals surface area contributed by atoms with Crippen molar-refractivity contribution in [1.29, 1.82) is 0 Å². The number of carbonyl (C=O) groups excluding carboxylic acids is 1. The van der Waals surface area contributed by atoms with Crippen LogP contribution in [0.25, 0.3) is 0 Å². The summed E-state index contributed by atoms with van der Waals surface area (Å²) in [6.07, 6.45) is 17.1. The highest BCUT2D eigenvalue weighted by Gasteiger charge is 2.50. The average molecular weight is 276 g/mol. The number of Topliss-reactive ketones (excluding diaryl/α,β-unsaturated/α-hetero) is 1. The van der Waals surface area contributed by atoms with Gasteiger partial charge in [0, 0.05) is 12.8 Å². The molecule has 0 N–H and O–H groups in total. The molecule has 0 aromatic heterocycles. The van der Waals surface area contributed by atoms with E-state index < -0.39 is 0 Å². The predicted molar refractivity (Wildman–Crippen MR) is 83.6 cm³/mol. The second-order valence-electron chi connectivity index (χ2n) is 8.27. The second kappa shape index (κ2) is 6.20. The van der Waals surface area contributed by atoms with E-state index in [1.807, 2.05) is 0 Å². The van der Waals surface area contributed by atoms with Gasteiger partial charge >= 0.3 is 0 Å². The molecule has 4 saturated carbocycles. The molecule has 0 amide bonds. The molecule has 4 aliphatic carbocycles. The first kappa shape index (κ1) is 14.6. The van der Waals surface area contributed by atoms with Gasteiger partial charge < -0.3 is 0 Å². The Hall–Kier alpha value is -0.330. The monoisotopic (exact) mass is 276 g/mol. The van der Waals surface area contributed by atoms with Crippen molar-refractivity contribution < 1.29 is 4.79 Å². The van der Waals surface area contributed by atoms with E-state index in [0.29, 0.717) is 5.78 Å². The maximum Gasteiger partial charge on any atom is 0.132 e. The normalized spacial score (nSPS) is 38.4. The maximum atomic E-state index is 11.7. The van der Waals surface area contributed by atoms with Crippen molar-refractivity contribution in [2.75, 3.05) is 0 Å². The molecule has 0 aliphatic heterocycles. The van der Waals surface area contributed by atoms with Crippen molar-refractivity contribution in [3.05, 3.63) is 0 Å². The van der Waals surface area contributed by atoms with Crippen LogP contribution in [0.2, 0.25) is 0 Å². The molecule has 4 aliphatic rings. The zero-order valence-corrected chi connectivity index (χ0v) is 13.3. The predicted octanol–water partition coefficient (Wildman–Crippen LogP) is 5.52. The van der Waals surface area contributed by atoms with Crippen molar-refractivity contribution in [3.8, 4) is 0 Å². The minimum Gasteiger partial charge on any atom is -0.300 e. The van der Waals surface area contributed by atoms with E-state index >= 15 is 0 Å². The first-order valence-corrected chi connectivity index (χ1v) is 9.21. The molecular formula is C19H32O. The molecule has 1 nitrogen and oxygen atoms in total. The summed E-state index contributed by atoms with van der Waals surface area (Å²) in [6.45, 7) is 2.17. The van der Waals surface area contributed by atoms with Crippen LogP contribution in [0.1, 0.15) is 90.4 Å². The zero-order valence-electron chi connectivity index (χ0n) is 13.3. The minimum atomic E-state index is 0.511. The van der Waals surface area contributed by atoms with E-state index in [1.165, 1.54) is 32.1 Å². The molecule has 0 aromatic rings. The van der Waals surface area contributed by atoms with Crippen LogP contribution in [-0.4, -0.2) is 5.78 Å². The smallest absolute Gasteiger partial charge is 0.132 e. The van der Waals surface area contributed by atoms with Gasteiger partial charge in [-0.2, -0.15) is 0 Å².